The summed E-state index contributed by atoms with van der Waals surface area (Å²) in [6, 6.07) is 2.18. The molecule has 2 nitrogen and oxygen atoms in total. The Morgan fingerprint density at radius 2 is 2.11 bits per heavy atom. The largest absolute Gasteiger partial charge is 0.383 e. The third-order valence-electron chi connectivity index (χ3n) is 1.32. The summed E-state index contributed by atoms with van der Waals surface area (Å²) in [4.78, 5) is 0. The number of methoxy groups -OCH3 is 1. The number of rotatable bonds is 3. The van der Waals surface area contributed by atoms with Crippen LogP contribution in [0, 0.1) is 23.2 Å². The number of hydrogen-bond acceptors (Lipinski definition) is 2. The quantitative estimate of drug-likeness (QED) is 0.574. The van der Waals surface area contributed by atoms with Crippen LogP contribution in [0.1, 0.15) is 13.8 Å². The molecule has 0 aromatic rings. The molecule has 0 bridgehead atoms. The number of hydrogen-bond donors (Lipinski definition) is 0. The zero-order valence-electron chi connectivity index (χ0n) is 6.22. The van der Waals surface area contributed by atoms with Gasteiger partial charge in [0.25, 0.3) is 0 Å². The van der Waals surface area contributed by atoms with Crippen LogP contribution < -0.4 is 0 Å². The fraction of sp³-hybridized carbons (Fsp3) is 0.857. The van der Waals surface area contributed by atoms with E-state index in [-0.39, 0.29) is 5.92 Å². The second-order valence-electron chi connectivity index (χ2n) is 2.43. The van der Waals surface area contributed by atoms with Crippen LogP contribution in [0.2, 0.25) is 0 Å². The fourth-order valence-corrected chi connectivity index (χ4v) is 0.558. The minimum atomic E-state index is 0.0509. The number of nitriles is 1. The molecule has 0 fully saturated rings. The second kappa shape index (κ2) is 4.34. The summed E-state index contributed by atoms with van der Waals surface area (Å²) in [5, 5.41) is 8.50. The van der Waals surface area contributed by atoms with Crippen LogP contribution in [0.15, 0.2) is 0 Å². The molecule has 52 valence electrons. The molecule has 0 rings (SSSR count). The first kappa shape index (κ1) is 8.45. The summed E-state index contributed by atoms with van der Waals surface area (Å²) in [5.41, 5.74) is 0. The molecular weight excluding hydrogens is 114 g/mol. The lowest BCUT2D eigenvalue weighted by Crippen LogP contribution is -2.12. The molecule has 0 saturated heterocycles. The van der Waals surface area contributed by atoms with E-state index in [1.54, 1.807) is 7.11 Å². The molecule has 2 heteroatoms. The summed E-state index contributed by atoms with van der Waals surface area (Å²) in [7, 11) is 1.62. The standard InChI is InChI=1S/C7H13NO/c1-6(2)7(4-8)5-9-3/h6-7H,5H2,1-3H3. The Bertz CT molecular complexity index is 104. The second-order valence-corrected chi connectivity index (χ2v) is 2.43. The van der Waals surface area contributed by atoms with Gasteiger partial charge in [0.1, 0.15) is 0 Å². The zero-order valence-corrected chi connectivity index (χ0v) is 6.22. The van der Waals surface area contributed by atoms with Crippen LogP contribution >= 0.6 is 0 Å². The average molecular weight is 127 g/mol. The van der Waals surface area contributed by atoms with Gasteiger partial charge < -0.3 is 4.74 Å². The molecule has 9 heavy (non-hydrogen) atoms. The molecule has 0 aromatic carbocycles. The lowest BCUT2D eigenvalue weighted by Gasteiger charge is -2.09. The molecular formula is C7H13NO. The van der Waals surface area contributed by atoms with Gasteiger partial charge in [0.2, 0.25) is 0 Å². The maximum absolute atomic E-state index is 8.50. The predicted molar refractivity (Wildman–Crippen MR) is 35.8 cm³/mol. The highest BCUT2D eigenvalue weighted by Gasteiger charge is 2.10. The van der Waals surface area contributed by atoms with Gasteiger partial charge in [-0.05, 0) is 5.92 Å². The van der Waals surface area contributed by atoms with E-state index in [9.17, 15) is 0 Å². The highest BCUT2D eigenvalue weighted by atomic mass is 16.5. The van der Waals surface area contributed by atoms with Crippen molar-refractivity contribution < 1.29 is 4.74 Å². The Balaban J connectivity index is 3.58. The first-order valence-corrected chi connectivity index (χ1v) is 3.11. The van der Waals surface area contributed by atoms with Crippen LogP contribution in [-0.4, -0.2) is 13.7 Å². The van der Waals surface area contributed by atoms with Crippen LogP contribution in [0.4, 0.5) is 0 Å². The average Bonchev–Trinajstić information content (AvgIpc) is 1.82. The van der Waals surface area contributed by atoms with Gasteiger partial charge in [-0.1, -0.05) is 13.8 Å². The molecule has 1 atom stereocenters. The molecule has 1 unspecified atom stereocenters. The van der Waals surface area contributed by atoms with Crippen LogP contribution in [0.3, 0.4) is 0 Å². The summed E-state index contributed by atoms with van der Waals surface area (Å²) in [6.45, 7) is 4.59. The first-order chi connectivity index (χ1) is 4.22. The van der Waals surface area contributed by atoms with Gasteiger partial charge in [-0.15, -0.1) is 0 Å². The van der Waals surface area contributed by atoms with Gasteiger partial charge in [-0.25, -0.2) is 0 Å². The normalized spacial score (nSPS) is 13.2. The highest BCUT2D eigenvalue weighted by Crippen LogP contribution is 2.08. The van der Waals surface area contributed by atoms with Crippen molar-refractivity contribution in [2.24, 2.45) is 11.8 Å². The molecule has 0 aliphatic rings. The molecule has 0 aliphatic heterocycles. The topological polar surface area (TPSA) is 33.0 Å². The molecule has 0 spiro atoms. The van der Waals surface area contributed by atoms with E-state index in [1.165, 1.54) is 0 Å². The van der Waals surface area contributed by atoms with Gasteiger partial charge in [-0.3, -0.25) is 0 Å². The van der Waals surface area contributed by atoms with E-state index in [2.05, 4.69) is 6.07 Å². The molecule has 0 aliphatic carbocycles. The minimum Gasteiger partial charge on any atom is -0.383 e. The Morgan fingerprint density at radius 1 is 1.56 bits per heavy atom. The summed E-state index contributed by atoms with van der Waals surface area (Å²) in [5.74, 6) is 0.449. The maximum atomic E-state index is 8.50. The number of nitrogens with zero attached hydrogens (tertiary/aromatic N) is 1. The molecule has 0 saturated carbocycles. The zero-order chi connectivity index (χ0) is 7.28. The predicted octanol–water partition coefficient (Wildman–Crippen LogP) is 1.43. The Kier molecular flexibility index (Phi) is 4.08. The first-order valence-electron chi connectivity index (χ1n) is 3.11. The van der Waals surface area contributed by atoms with E-state index in [0.717, 1.165) is 0 Å². The fourth-order valence-electron chi connectivity index (χ4n) is 0.558. The van der Waals surface area contributed by atoms with Crippen molar-refractivity contribution in [3.63, 3.8) is 0 Å². The van der Waals surface area contributed by atoms with E-state index in [0.29, 0.717) is 12.5 Å². The maximum Gasteiger partial charge on any atom is 0.0719 e. The van der Waals surface area contributed by atoms with Gasteiger partial charge in [0, 0.05) is 7.11 Å². The van der Waals surface area contributed by atoms with Crippen molar-refractivity contribution in [3.8, 4) is 6.07 Å². The number of ether oxygens (including phenoxy) is 1. The van der Waals surface area contributed by atoms with Crippen LogP contribution in [-0.2, 0) is 4.74 Å². The van der Waals surface area contributed by atoms with E-state index in [1.807, 2.05) is 13.8 Å². The van der Waals surface area contributed by atoms with Gasteiger partial charge >= 0.3 is 0 Å². The molecule has 0 radical (unpaired) electrons. The molecule has 0 heterocycles. The minimum absolute atomic E-state index is 0.0509. The lowest BCUT2D eigenvalue weighted by atomic mass is 9.99. The molecule has 0 N–H and O–H groups in total. The summed E-state index contributed by atoms with van der Waals surface area (Å²) >= 11 is 0. The Hall–Kier alpha value is -0.550. The van der Waals surface area contributed by atoms with E-state index < -0.39 is 0 Å². The Labute approximate surface area is 56.4 Å². The lowest BCUT2D eigenvalue weighted by molar-refractivity contribution is 0.154. The van der Waals surface area contributed by atoms with Crippen molar-refractivity contribution in [1.82, 2.24) is 0 Å². The third kappa shape index (κ3) is 3.10. The highest BCUT2D eigenvalue weighted by molar-refractivity contribution is 4.84. The third-order valence-corrected chi connectivity index (χ3v) is 1.32. The monoisotopic (exact) mass is 127 g/mol. The van der Waals surface area contributed by atoms with E-state index in [4.69, 9.17) is 10.00 Å². The summed E-state index contributed by atoms with van der Waals surface area (Å²) in [6.07, 6.45) is 0. The SMILES string of the molecule is COCC(C#N)C(C)C. The van der Waals surface area contributed by atoms with Gasteiger partial charge in [-0.2, -0.15) is 5.26 Å². The van der Waals surface area contributed by atoms with E-state index >= 15 is 0 Å². The van der Waals surface area contributed by atoms with Crippen molar-refractivity contribution in [2.75, 3.05) is 13.7 Å². The van der Waals surface area contributed by atoms with Crippen LogP contribution in [0.5, 0.6) is 0 Å². The van der Waals surface area contributed by atoms with Gasteiger partial charge in [0.15, 0.2) is 0 Å². The molecule has 0 amide bonds. The smallest absolute Gasteiger partial charge is 0.0719 e. The van der Waals surface area contributed by atoms with Crippen molar-refractivity contribution in [2.45, 2.75) is 13.8 Å². The summed E-state index contributed by atoms with van der Waals surface area (Å²) < 4.78 is 4.83. The van der Waals surface area contributed by atoms with Gasteiger partial charge in [0.05, 0.1) is 18.6 Å². The Morgan fingerprint density at radius 3 is 2.22 bits per heavy atom. The van der Waals surface area contributed by atoms with Crippen molar-refractivity contribution >= 4 is 0 Å². The van der Waals surface area contributed by atoms with Crippen molar-refractivity contribution in [1.29, 1.82) is 5.26 Å². The molecule has 0 aromatic heterocycles. The van der Waals surface area contributed by atoms with Crippen molar-refractivity contribution in [3.05, 3.63) is 0 Å². The van der Waals surface area contributed by atoms with Crippen LogP contribution in [0.25, 0.3) is 0 Å².